The zero-order valence-electron chi connectivity index (χ0n) is 14.2. The lowest BCUT2D eigenvalue weighted by atomic mass is 9.97. The molecule has 0 radical (unpaired) electrons. The molecule has 0 bridgehead atoms. The van der Waals surface area contributed by atoms with Crippen LogP contribution in [0.1, 0.15) is 30.1 Å². The number of aromatic nitrogens is 3. The van der Waals surface area contributed by atoms with Gasteiger partial charge < -0.3 is 9.88 Å². The molecule has 3 aromatic rings. The van der Waals surface area contributed by atoms with Gasteiger partial charge in [-0.05, 0) is 61.7 Å². The summed E-state index contributed by atoms with van der Waals surface area (Å²) < 4.78 is 0. The fourth-order valence-electron chi connectivity index (χ4n) is 3.61. The number of H-pyrrole nitrogens is 1. The van der Waals surface area contributed by atoms with Crippen molar-refractivity contribution in [3.63, 3.8) is 0 Å². The molecule has 2 aromatic heterocycles. The van der Waals surface area contributed by atoms with Crippen molar-refractivity contribution in [1.82, 2.24) is 19.9 Å². The number of rotatable bonds is 4. The van der Waals surface area contributed by atoms with E-state index in [-0.39, 0.29) is 0 Å². The summed E-state index contributed by atoms with van der Waals surface area (Å²) in [7, 11) is 0. The van der Waals surface area contributed by atoms with Crippen LogP contribution in [0.15, 0.2) is 30.3 Å². The van der Waals surface area contributed by atoms with Crippen molar-refractivity contribution in [2.24, 2.45) is 0 Å². The Morgan fingerprint density at radius 2 is 1.88 bits per heavy atom. The molecule has 4 rings (SSSR count). The Labute approximate surface area is 167 Å². The molecule has 1 saturated heterocycles. The highest BCUT2D eigenvalue weighted by atomic mass is 35.5. The van der Waals surface area contributed by atoms with Gasteiger partial charge in [-0.2, -0.15) is 0 Å². The maximum atomic E-state index is 6.10. The fourth-order valence-corrected chi connectivity index (χ4v) is 4.32. The van der Waals surface area contributed by atoms with Gasteiger partial charge in [0.05, 0.1) is 5.52 Å². The number of pyridine rings is 1. The van der Waals surface area contributed by atoms with Gasteiger partial charge in [0.25, 0.3) is 0 Å². The van der Waals surface area contributed by atoms with E-state index >= 15 is 0 Å². The van der Waals surface area contributed by atoms with Gasteiger partial charge in [0, 0.05) is 29.1 Å². The molecule has 1 aliphatic rings. The van der Waals surface area contributed by atoms with Crippen LogP contribution in [0.4, 0.5) is 0 Å². The van der Waals surface area contributed by atoms with E-state index in [1.54, 1.807) is 12.1 Å². The van der Waals surface area contributed by atoms with Crippen molar-refractivity contribution in [3.05, 3.63) is 56.9 Å². The fraction of sp³-hybridized carbons (Fsp3) is 0.368. The molecule has 0 saturated carbocycles. The molecule has 1 aliphatic heterocycles. The Morgan fingerprint density at radius 3 is 2.69 bits per heavy atom. The van der Waals surface area contributed by atoms with Crippen molar-refractivity contribution >= 4 is 46.0 Å². The number of benzene rings is 1. The number of nitrogens with zero attached hydrogens (tertiary/aromatic N) is 3. The molecule has 0 amide bonds. The number of hydrogen-bond acceptors (Lipinski definition) is 3. The molecule has 0 aliphatic carbocycles. The molecule has 1 N–H and O–H groups in total. The average molecular weight is 410 g/mol. The van der Waals surface area contributed by atoms with Crippen LogP contribution >= 0.6 is 34.8 Å². The Kier molecular flexibility index (Phi) is 5.37. The van der Waals surface area contributed by atoms with Gasteiger partial charge in [-0.25, -0.2) is 9.97 Å². The molecular weight excluding hydrogens is 391 g/mol. The van der Waals surface area contributed by atoms with Gasteiger partial charge >= 0.3 is 0 Å². The highest BCUT2D eigenvalue weighted by Gasteiger charge is 2.24. The third-order valence-electron chi connectivity index (χ3n) is 4.86. The van der Waals surface area contributed by atoms with E-state index in [0.717, 1.165) is 50.2 Å². The van der Waals surface area contributed by atoms with Crippen LogP contribution in [0.5, 0.6) is 0 Å². The molecule has 4 nitrogen and oxygen atoms in total. The first-order valence-corrected chi connectivity index (χ1v) is 9.90. The third kappa shape index (κ3) is 4.15. The highest BCUT2D eigenvalue weighted by Crippen LogP contribution is 2.27. The molecule has 0 spiro atoms. The molecule has 7 heteroatoms. The predicted octanol–water partition coefficient (Wildman–Crippen LogP) is 5.34. The Bertz CT molecular complexity index is 904. The number of likely N-dealkylation sites (tertiary alicyclic amines) is 1. The second-order valence-corrected chi connectivity index (χ2v) is 8.05. The van der Waals surface area contributed by atoms with Crippen molar-refractivity contribution in [3.8, 4) is 0 Å². The van der Waals surface area contributed by atoms with E-state index < -0.39 is 0 Å². The van der Waals surface area contributed by atoms with Crippen molar-refractivity contribution in [1.29, 1.82) is 0 Å². The standard InChI is InChI=1S/C19H19Cl3N4/c20-14-8-12(9-15(21)10-14)5-7-26-6-1-2-13(11-26)18-23-16-3-4-17(22)24-19(16)25-18/h3-4,8-10,13H,1-2,5-7,11H2,(H,23,24,25). The molecule has 1 atom stereocenters. The summed E-state index contributed by atoms with van der Waals surface area (Å²) in [5, 5.41) is 1.86. The number of nitrogens with one attached hydrogen (secondary N) is 1. The monoisotopic (exact) mass is 408 g/mol. The summed E-state index contributed by atoms with van der Waals surface area (Å²) >= 11 is 18.2. The van der Waals surface area contributed by atoms with Gasteiger partial charge in [0.1, 0.15) is 11.0 Å². The molecule has 136 valence electrons. The summed E-state index contributed by atoms with van der Waals surface area (Å²) in [4.78, 5) is 14.8. The molecule has 1 unspecified atom stereocenters. The first-order valence-electron chi connectivity index (χ1n) is 8.76. The lowest BCUT2D eigenvalue weighted by Gasteiger charge is -2.31. The summed E-state index contributed by atoms with van der Waals surface area (Å²) in [5.74, 6) is 1.39. The minimum absolute atomic E-state index is 0.389. The summed E-state index contributed by atoms with van der Waals surface area (Å²) in [6, 6.07) is 9.47. The number of fused-ring (bicyclic) bond motifs is 1. The number of piperidine rings is 1. The van der Waals surface area contributed by atoms with Crippen LogP contribution in [-0.4, -0.2) is 39.5 Å². The maximum Gasteiger partial charge on any atom is 0.179 e. The maximum absolute atomic E-state index is 6.10. The summed E-state index contributed by atoms with van der Waals surface area (Å²) in [6.07, 6.45) is 3.23. The smallest absolute Gasteiger partial charge is 0.179 e. The van der Waals surface area contributed by atoms with E-state index in [4.69, 9.17) is 34.8 Å². The average Bonchev–Trinajstić information content (AvgIpc) is 3.03. The van der Waals surface area contributed by atoms with Gasteiger partial charge in [-0.1, -0.05) is 34.8 Å². The van der Waals surface area contributed by atoms with E-state index in [1.807, 2.05) is 18.2 Å². The van der Waals surface area contributed by atoms with Crippen LogP contribution in [0.2, 0.25) is 15.2 Å². The van der Waals surface area contributed by atoms with Crippen LogP contribution < -0.4 is 0 Å². The Morgan fingerprint density at radius 1 is 1.08 bits per heavy atom. The summed E-state index contributed by atoms with van der Waals surface area (Å²) in [5.41, 5.74) is 2.81. The third-order valence-corrected chi connectivity index (χ3v) is 5.51. The van der Waals surface area contributed by atoms with Crippen molar-refractivity contribution in [2.45, 2.75) is 25.2 Å². The minimum atomic E-state index is 0.389. The van der Waals surface area contributed by atoms with Gasteiger partial charge in [0.2, 0.25) is 0 Å². The van der Waals surface area contributed by atoms with Crippen molar-refractivity contribution < 1.29 is 0 Å². The highest BCUT2D eigenvalue weighted by molar-refractivity contribution is 6.34. The van der Waals surface area contributed by atoms with Crippen molar-refractivity contribution in [2.75, 3.05) is 19.6 Å². The van der Waals surface area contributed by atoms with Crippen LogP contribution in [0, 0.1) is 0 Å². The second-order valence-electron chi connectivity index (χ2n) is 6.79. The van der Waals surface area contributed by atoms with E-state index in [0.29, 0.717) is 26.8 Å². The Balaban J connectivity index is 1.43. The normalized spacial score (nSPS) is 18.5. The van der Waals surface area contributed by atoms with E-state index in [1.165, 1.54) is 5.56 Å². The largest absolute Gasteiger partial charge is 0.340 e. The quantitative estimate of drug-likeness (QED) is 0.591. The predicted molar refractivity (Wildman–Crippen MR) is 107 cm³/mol. The molecular formula is C19H19Cl3N4. The topological polar surface area (TPSA) is 44.8 Å². The zero-order chi connectivity index (χ0) is 18.1. The number of aromatic amines is 1. The summed E-state index contributed by atoms with van der Waals surface area (Å²) in [6.45, 7) is 3.08. The van der Waals surface area contributed by atoms with Crippen LogP contribution in [-0.2, 0) is 6.42 Å². The molecule has 1 aromatic carbocycles. The van der Waals surface area contributed by atoms with E-state index in [2.05, 4.69) is 19.9 Å². The molecule has 3 heterocycles. The first-order chi connectivity index (χ1) is 12.6. The lowest BCUT2D eigenvalue weighted by Crippen LogP contribution is -2.36. The molecule has 1 fully saturated rings. The Hall–Kier alpha value is -1.33. The van der Waals surface area contributed by atoms with Gasteiger partial charge in [0.15, 0.2) is 5.65 Å². The van der Waals surface area contributed by atoms with E-state index in [9.17, 15) is 0 Å². The molecule has 26 heavy (non-hydrogen) atoms. The minimum Gasteiger partial charge on any atom is -0.340 e. The van der Waals surface area contributed by atoms with Gasteiger partial charge in [-0.15, -0.1) is 0 Å². The van der Waals surface area contributed by atoms with Gasteiger partial charge in [-0.3, -0.25) is 0 Å². The first kappa shape index (κ1) is 18.1. The van der Waals surface area contributed by atoms with Crippen LogP contribution in [0.3, 0.4) is 0 Å². The zero-order valence-corrected chi connectivity index (χ0v) is 16.5. The number of halogens is 3. The lowest BCUT2D eigenvalue weighted by molar-refractivity contribution is 0.207. The SMILES string of the molecule is Clc1cc(Cl)cc(CCN2CCCC(c3nc4nc(Cl)ccc4[nH]3)C2)c1. The van der Waals surface area contributed by atoms with Crippen LogP contribution in [0.25, 0.3) is 11.2 Å². The second kappa shape index (κ2) is 7.73. The number of imidazole rings is 1. The number of hydrogen-bond donors (Lipinski definition) is 1.